The Labute approximate surface area is 160 Å². The third-order valence-electron chi connectivity index (χ3n) is 3.73. The molecule has 0 atom stereocenters. The van der Waals surface area contributed by atoms with Gasteiger partial charge in [-0.05, 0) is 49.9 Å². The van der Waals surface area contributed by atoms with Crippen LogP contribution in [-0.2, 0) is 4.79 Å². The van der Waals surface area contributed by atoms with Gasteiger partial charge in [-0.15, -0.1) is 11.3 Å². The van der Waals surface area contributed by atoms with E-state index in [4.69, 9.17) is 9.47 Å². The number of methoxy groups -OCH3 is 2. The summed E-state index contributed by atoms with van der Waals surface area (Å²) in [4.78, 5) is 23.9. The number of hydrogen-bond donors (Lipinski definition) is 0. The van der Waals surface area contributed by atoms with E-state index in [1.54, 1.807) is 19.1 Å². The van der Waals surface area contributed by atoms with Gasteiger partial charge in [-0.1, -0.05) is 0 Å². The van der Waals surface area contributed by atoms with E-state index in [-0.39, 0.29) is 5.91 Å². The number of hydrogen-bond acceptors (Lipinski definition) is 7. The Morgan fingerprint density at radius 3 is 2.73 bits per heavy atom. The molecule has 0 aliphatic carbocycles. The molecule has 0 N–H and O–H groups in total. The van der Waals surface area contributed by atoms with Gasteiger partial charge in [0.2, 0.25) is 5.13 Å². The monoisotopic (exact) mass is 389 g/mol. The second-order valence-corrected chi connectivity index (χ2v) is 7.28. The average Bonchev–Trinajstić information content (AvgIpc) is 3.18. The predicted molar refractivity (Wildman–Crippen MR) is 106 cm³/mol. The topological polar surface area (TPSA) is 64.0 Å². The van der Waals surface area contributed by atoms with Gasteiger partial charge in [-0.25, -0.2) is 4.98 Å². The van der Waals surface area contributed by atoms with Crippen LogP contribution in [0.25, 0.3) is 6.08 Å². The molecule has 136 valence electrons. The first-order valence-corrected chi connectivity index (χ1v) is 9.69. The third kappa shape index (κ3) is 3.76. The highest BCUT2D eigenvalue weighted by molar-refractivity contribution is 8.18. The summed E-state index contributed by atoms with van der Waals surface area (Å²) >= 11 is 2.80. The van der Waals surface area contributed by atoms with Crippen molar-refractivity contribution in [2.24, 2.45) is 4.99 Å². The van der Waals surface area contributed by atoms with Crippen molar-refractivity contribution in [1.29, 1.82) is 0 Å². The Kier molecular flexibility index (Phi) is 5.63. The number of carbonyl (C=O) groups is 1. The van der Waals surface area contributed by atoms with E-state index in [1.165, 1.54) is 23.1 Å². The Bertz CT molecular complexity index is 890. The SMILES string of the molecule is CCN1C(=O)/C(=C/c2cc(OC)ccc2OC)S/C1=N/c1nc(C)cs1. The Morgan fingerprint density at radius 1 is 1.31 bits per heavy atom. The molecule has 26 heavy (non-hydrogen) atoms. The highest BCUT2D eigenvalue weighted by Crippen LogP contribution is 2.36. The van der Waals surface area contributed by atoms with Crippen molar-refractivity contribution in [2.45, 2.75) is 13.8 Å². The number of aromatic nitrogens is 1. The maximum Gasteiger partial charge on any atom is 0.266 e. The van der Waals surface area contributed by atoms with Gasteiger partial charge in [0, 0.05) is 17.5 Å². The minimum absolute atomic E-state index is 0.0746. The van der Waals surface area contributed by atoms with Crippen molar-refractivity contribution in [1.82, 2.24) is 9.88 Å². The number of benzene rings is 1. The minimum Gasteiger partial charge on any atom is -0.497 e. The zero-order valence-corrected chi connectivity index (χ0v) is 16.6. The molecule has 0 bridgehead atoms. The van der Waals surface area contributed by atoms with Gasteiger partial charge in [-0.2, -0.15) is 4.99 Å². The zero-order valence-electron chi connectivity index (χ0n) is 15.0. The number of carbonyl (C=O) groups excluding carboxylic acids is 1. The molecule has 1 aromatic heterocycles. The van der Waals surface area contributed by atoms with E-state index in [0.29, 0.717) is 33.2 Å². The normalized spacial score (nSPS) is 17.4. The quantitative estimate of drug-likeness (QED) is 0.721. The van der Waals surface area contributed by atoms with Crippen LogP contribution in [-0.4, -0.2) is 41.7 Å². The lowest BCUT2D eigenvalue weighted by atomic mass is 10.1. The van der Waals surface area contributed by atoms with Gasteiger partial charge in [0.05, 0.1) is 24.8 Å². The van der Waals surface area contributed by atoms with E-state index in [9.17, 15) is 4.79 Å². The van der Waals surface area contributed by atoms with Crippen LogP contribution in [0.15, 0.2) is 33.5 Å². The third-order valence-corrected chi connectivity index (χ3v) is 5.58. The van der Waals surface area contributed by atoms with Crippen LogP contribution in [0.3, 0.4) is 0 Å². The fraction of sp³-hybridized carbons (Fsp3) is 0.278. The number of thiazole rings is 1. The number of rotatable bonds is 5. The molecule has 1 aliphatic heterocycles. The number of thioether (sulfide) groups is 1. The van der Waals surface area contributed by atoms with Gasteiger partial charge < -0.3 is 9.47 Å². The fourth-order valence-corrected chi connectivity index (χ4v) is 4.20. The summed E-state index contributed by atoms with van der Waals surface area (Å²) in [6, 6.07) is 5.48. The van der Waals surface area contributed by atoms with E-state index in [1.807, 2.05) is 43.5 Å². The van der Waals surface area contributed by atoms with Crippen LogP contribution in [0, 0.1) is 6.92 Å². The number of ether oxygens (including phenoxy) is 2. The molecule has 0 spiro atoms. The summed E-state index contributed by atoms with van der Waals surface area (Å²) in [7, 11) is 3.21. The first kappa shape index (κ1) is 18.5. The van der Waals surface area contributed by atoms with Crippen LogP contribution >= 0.6 is 23.1 Å². The van der Waals surface area contributed by atoms with Crippen molar-refractivity contribution >= 4 is 45.4 Å². The molecule has 0 saturated carbocycles. The maximum absolute atomic E-state index is 12.8. The predicted octanol–water partition coefficient (Wildman–Crippen LogP) is 4.09. The van der Waals surface area contributed by atoms with E-state index >= 15 is 0 Å². The summed E-state index contributed by atoms with van der Waals surface area (Å²) in [5, 5.41) is 3.23. The second kappa shape index (κ2) is 7.92. The molecule has 1 amide bonds. The highest BCUT2D eigenvalue weighted by atomic mass is 32.2. The average molecular weight is 390 g/mol. The lowest BCUT2D eigenvalue weighted by molar-refractivity contribution is -0.122. The highest BCUT2D eigenvalue weighted by Gasteiger charge is 2.32. The van der Waals surface area contributed by atoms with E-state index in [2.05, 4.69) is 9.98 Å². The van der Waals surface area contributed by atoms with Crippen molar-refractivity contribution in [2.75, 3.05) is 20.8 Å². The van der Waals surface area contributed by atoms with E-state index < -0.39 is 0 Å². The molecule has 0 unspecified atom stereocenters. The van der Waals surface area contributed by atoms with Gasteiger partial charge in [0.1, 0.15) is 11.5 Å². The molecule has 2 heterocycles. The standard InChI is InChI=1S/C18H19N3O3S2/c1-5-21-16(22)15(26-18(21)20-17-19-11(2)10-25-17)9-12-8-13(23-3)6-7-14(12)24-4/h6-10H,5H2,1-4H3/b15-9-,20-18+. The Hall–Kier alpha value is -2.32. The Balaban J connectivity index is 1.97. The molecular formula is C18H19N3O3S2. The number of amides is 1. The molecule has 8 heteroatoms. The Morgan fingerprint density at radius 2 is 2.12 bits per heavy atom. The van der Waals surface area contributed by atoms with Gasteiger partial charge >= 0.3 is 0 Å². The van der Waals surface area contributed by atoms with Gasteiger partial charge in [0.25, 0.3) is 5.91 Å². The van der Waals surface area contributed by atoms with Crippen molar-refractivity contribution in [3.05, 3.63) is 39.7 Å². The molecule has 1 fully saturated rings. The summed E-state index contributed by atoms with van der Waals surface area (Å²) in [5.74, 6) is 1.30. The molecule has 0 radical (unpaired) electrons. The number of nitrogens with zero attached hydrogens (tertiary/aromatic N) is 3. The van der Waals surface area contributed by atoms with Crippen LogP contribution in [0.1, 0.15) is 18.2 Å². The molecule has 3 rings (SSSR count). The van der Waals surface area contributed by atoms with Crippen LogP contribution in [0.2, 0.25) is 0 Å². The summed E-state index contributed by atoms with van der Waals surface area (Å²) in [6.07, 6.45) is 1.81. The fourth-order valence-electron chi connectivity index (χ4n) is 2.44. The lowest BCUT2D eigenvalue weighted by Gasteiger charge is -2.11. The van der Waals surface area contributed by atoms with Crippen molar-refractivity contribution in [3.8, 4) is 11.5 Å². The van der Waals surface area contributed by atoms with Gasteiger partial charge in [-0.3, -0.25) is 9.69 Å². The maximum atomic E-state index is 12.8. The first-order chi connectivity index (χ1) is 12.5. The van der Waals surface area contributed by atoms with Crippen LogP contribution in [0.5, 0.6) is 11.5 Å². The molecular weight excluding hydrogens is 370 g/mol. The lowest BCUT2D eigenvalue weighted by Crippen LogP contribution is -2.28. The number of amidine groups is 1. The van der Waals surface area contributed by atoms with Crippen molar-refractivity contribution in [3.63, 3.8) is 0 Å². The number of aryl methyl sites for hydroxylation is 1. The minimum atomic E-state index is -0.0746. The number of likely N-dealkylation sites (N-methyl/N-ethyl adjacent to an activating group) is 1. The summed E-state index contributed by atoms with van der Waals surface area (Å²) < 4.78 is 10.7. The molecule has 1 aliphatic rings. The summed E-state index contributed by atoms with van der Waals surface area (Å²) in [5.41, 5.74) is 1.70. The van der Waals surface area contributed by atoms with Crippen LogP contribution < -0.4 is 9.47 Å². The molecule has 1 saturated heterocycles. The van der Waals surface area contributed by atoms with E-state index in [0.717, 1.165) is 11.3 Å². The van der Waals surface area contributed by atoms with Crippen LogP contribution in [0.4, 0.5) is 5.13 Å². The number of aliphatic imine (C=N–C) groups is 1. The molecule has 6 nitrogen and oxygen atoms in total. The second-order valence-electron chi connectivity index (χ2n) is 5.43. The molecule has 2 aromatic rings. The zero-order chi connectivity index (χ0) is 18.7. The first-order valence-electron chi connectivity index (χ1n) is 8.00. The molecule has 1 aromatic carbocycles. The smallest absolute Gasteiger partial charge is 0.266 e. The van der Waals surface area contributed by atoms with Gasteiger partial charge in [0.15, 0.2) is 5.17 Å². The van der Waals surface area contributed by atoms with Crippen molar-refractivity contribution < 1.29 is 14.3 Å². The summed E-state index contributed by atoms with van der Waals surface area (Å²) in [6.45, 7) is 4.39. The largest absolute Gasteiger partial charge is 0.497 e.